The van der Waals surface area contributed by atoms with Crippen LogP contribution in [0.15, 0.2) is 71.7 Å². The SMILES string of the molecule is CCCOC(=O)c1ccc(NC(=O)c2ccc(N=C3C(=O)Nc4ccc(Cl)cc43)cc2)cc1. The van der Waals surface area contributed by atoms with Crippen LogP contribution in [-0.2, 0) is 9.53 Å². The molecule has 166 valence electrons. The number of nitrogens with zero attached hydrogens (tertiary/aromatic N) is 1. The number of aliphatic imine (C=N–C) groups is 1. The summed E-state index contributed by atoms with van der Waals surface area (Å²) in [6.07, 6.45) is 0.750. The summed E-state index contributed by atoms with van der Waals surface area (Å²) in [6, 6.07) is 18.2. The van der Waals surface area contributed by atoms with Gasteiger partial charge in [-0.1, -0.05) is 18.5 Å². The van der Waals surface area contributed by atoms with E-state index in [4.69, 9.17) is 16.3 Å². The van der Waals surface area contributed by atoms with Gasteiger partial charge < -0.3 is 15.4 Å². The number of nitrogens with one attached hydrogen (secondary N) is 2. The lowest BCUT2D eigenvalue weighted by molar-refractivity contribution is -0.110. The maximum Gasteiger partial charge on any atom is 0.338 e. The van der Waals surface area contributed by atoms with Gasteiger partial charge in [0, 0.05) is 21.8 Å². The number of esters is 1. The molecule has 2 amide bonds. The highest BCUT2D eigenvalue weighted by Gasteiger charge is 2.26. The highest BCUT2D eigenvalue weighted by atomic mass is 35.5. The molecular formula is C25H20ClN3O4. The number of rotatable bonds is 6. The first kappa shape index (κ1) is 22.2. The van der Waals surface area contributed by atoms with E-state index in [1.807, 2.05) is 6.92 Å². The van der Waals surface area contributed by atoms with Gasteiger partial charge in [-0.15, -0.1) is 0 Å². The molecule has 0 saturated heterocycles. The number of anilines is 2. The summed E-state index contributed by atoms with van der Waals surface area (Å²) in [5.74, 6) is -1.02. The van der Waals surface area contributed by atoms with Crippen molar-refractivity contribution < 1.29 is 19.1 Å². The quantitative estimate of drug-likeness (QED) is 0.491. The molecule has 1 aliphatic rings. The largest absolute Gasteiger partial charge is 0.462 e. The average Bonchev–Trinajstić information content (AvgIpc) is 3.12. The lowest BCUT2D eigenvalue weighted by Crippen LogP contribution is -2.14. The number of carbonyl (C=O) groups excluding carboxylic acids is 3. The van der Waals surface area contributed by atoms with E-state index in [-0.39, 0.29) is 17.5 Å². The zero-order valence-corrected chi connectivity index (χ0v) is 18.5. The molecule has 1 heterocycles. The molecule has 4 rings (SSSR count). The van der Waals surface area contributed by atoms with Crippen molar-refractivity contribution in [2.75, 3.05) is 17.2 Å². The summed E-state index contributed by atoms with van der Waals surface area (Å²) >= 11 is 6.04. The molecule has 2 N–H and O–H groups in total. The van der Waals surface area contributed by atoms with Crippen LogP contribution in [0.3, 0.4) is 0 Å². The minimum Gasteiger partial charge on any atom is -0.462 e. The van der Waals surface area contributed by atoms with Crippen LogP contribution < -0.4 is 10.6 Å². The van der Waals surface area contributed by atoms with Gasteiger partial charge in [-0.05, 0) is 73.2 Å². The van der Waals surface area contributed by atoms with Crippen molar-refractivity contribution in [2.45, 2.75) is 13.3 Å². The van der Waals surface area contributed by atoms with E-state index in [0.29, 0.717) is 45.4 Å². The van der Waals surface area contributed by atoms with Crippen LogP contribution in [0.4, 0.5) is 17.1 Å². The normalized spacial score (nSPS) is 13.4. The van der Waals surface area contributed by atoms with Crippen LogP contribution in [-0.4, -0.2) is 30.1 Å². The Morgan fingerprint density at radius 3 is 2.39 bits per heavy atom. The van der Waals surface area contributed by atoms with Gasteiger partial charge in [-0.2, -0.15) is 0 Å². The first-order valence-electron chi connectivity index (χ1n) is 10.3. The van der Waals surface area contributed by atoms with Crippen LogP contribution >= 0.6 is 11.6 Å². The number of benzene rings is 3. The molecule has 0 fully saturated rings. The second-order valence-electron chi connectivity index (χ2n) is 7.32. The molecule has 3 aromatic carbocycles. The molecule has 0 unspecified atom stereocenters. The maximum absolute atomic E-state index is 12.6. The molecule has 1 aliphatic heterocycles. The van der Waals surface area contributed by atoms with Crippen molar-refractivity contribution in [3.8, 4) is 0 Å². The molecule has 0 spiro atoms. The van der Waals surface area contributed by atoms with Crippen LogP contribution in [0, 0.1) is 0 Å². The van der Waals surface area contributed by atoms with E-state index in [0.717, 1.165) is 6.42 Å². The van der Waals surface area contributed by atoms with Crippen molar-refractivity contribution in [3.63, 3.8) is 0 Å². The Balaban J connectivity index is 1.44. The van der Waals surface area contributed by atoms with Crippen molar-refractivity contribution in [2.24, 2.45) is 4.99 Å². The summed E-state index contributed by atoms with van der Waals surface area (Å²) in [5.41, 5.74) is 3.47. The van der Waals surface area contributed by atoms with E-state index in [9.17, 15) is 14.4 Å². The standard InChI is InChI=1S/C25H20ClN3O4/c1-2-13-33-25(32)16-5-10-19(11-6-16)28-23(30)15-3-8-18(9-4-15)27-22-20-14-17(26)7-12-21(20)29-24(22)31/h3-12,14H,2,13H2,1H3,(H,28,30)(H,27,29,31). The highest BCUT2D eigenvalue weighted by Crippen LogP contribution is 2.28. The molecule has 0 saturated carbocycles. The van der Waals surface area contributed by atoms with Gasteiger partial charge in [0.25, 0.3) is 11.8 Å². The summed E-state index contributed by atoms with van der Waals surface area (Å²) in [6.45, 7) is 2.29. The van der Waals surface area contributed by atoms with Crippen molar-refractivity contribution in [1.29, 1.82) is 0 Å². The third-order valence-corrected chi connectivity index (χ3v) is 5.12. The first-order chi connectivity index (χ1) is 15.9. The molecular weight excluding hydrogens is 442 g/mol. The number of hydrogen-bond donors (Lipinski definition) is 2. The summed E-state index contributed by atoms with van der Waals surface area (Å²) < 4.78 is 5.09. The van der Waals surface area contributed by atoms with Gasteiger partial charge in [0.2, 0.25) is 0 Å². The number of fused-ring (bicyclic) bond motifs is 1. The van der Waals surface area contributed by atoms with Crippen molar-refractivity contribution in [3.05, 3.63) is 88.4 Å². The zero-order chi connectivity index (χ0) is 23.4. The minimum atomic E-state index is -0.396. The van der Waals surface area contributed by atoms with Crippen LogP contribution in [0.2, 0.25) is 5.02 Å². The third kappa shape index (κ3) is 5.10. The molecule has 3 aromatic rings. The Morgan fingerprint density at radius 2 is 1.70 bits per heavy atom. The van der Waals surface area contributed by atoms with Gasteiger partial charge in [0.05, 0.1) is 23.5 Å². The van der Waals surface area contributed by atoms with Crippen molar-refractivity contribution in [1.82, 2.24) is 0 Å². The van der Waals surface area contributed by atoms with E-state index in [1.165, 1.54) is 0 Å². The van der Waals surface area contributed by atoms with E-state index in [2.05, 4.69) is 15.6 Å². The number of hydrogen-bond acceptors (Lipinski definition) is 5. The Labute approximate surface area is 195 Å². The monoisotopic (exact) mass is 461 g/mol. The van der Waals surface area contributed by atoms with E-state index < -0.39 is 5.97 Å². The second kappa shape index (κ2) is 9.67. The van der Waals surface area contributed by atoms with Crippen LogP contribution in [0.25, 0.3) is 0 Å². The van der Waals surface area contributed by atoms with Crippen LogP contribution in [0.5, 0.6) is 0 Å². The third-order valence-electron chi connectivity index (χ3n) is 4.89. The fourth-order valence-corrected chi connectivity index (χ4v) is 3.40. The molecule has 0 atom stereocenters. The summed E-state index contributed by atoms with van der Waals surface area (Å²) in [5, 5.41) is 6.04. The van der Waals surface area contributed by atoms with Gasteiger partial charge >= 0.3 is 5.97 Å². The number of halogens is 1. The fourth-order valence-electron chi connectivity index (χ4n) is 3.22. The number of carbonyl (C=O) groups is 3. The molecule has 7 nitrogen and oxygen atoms in total. The Hall–Kier alpha value is -3.97. The average molecular weight is 462 g/mol. The topological polar surface area (TPSA) is 96.9 Å². The predicted molar refractivity (Wildman–Crippen MR) is 128 cm³/mol. The Morgan fingerprint density at radius 1 is 1.00 bits per heavy atom. The highest BCUT2D eigenvalue weighted by molar-refractivity contribution is 6.54. The first-order valence-corrected chi connectivity index (χ1v) is 10.7. The van der Waals surface area contributed by atoms with Crippen molar-refractivity contribution >= 4 is 52.2 Å². The predicted octanol–water partition coefficient (Wildman–Crippen LogP) is 5.23. The lowest BCUT2D eigenvalue weighted by Gasteiger charge is -2.07. The molecule has 0 radical (unpaired) electrons. The summed E-state index contributed by atoms with van der Waals surface area (Å²) in [7, 11) is 0. The minimum absolute atomic E-state index is 0.266. The second-order valence-corrected chi connectivity index (χ2v) is 7.76. The smallest absolute Gasteiger partial charge is 0.338 e. The summed E-state index contributed by atoms with van der Waals surface area (Å²) in [4.78, 5) is 41.1. The Bertz CT molecular complexity index is 1250. The fraction of sp³-hybridized carbons (Fsp3) is 0.120. The molecule has 33 heavy (non-hydrogen) atoms. The molecule has 0 aromatic heterocycles. The maximum atomic E-state index is 12.6. The Kier molecular flexibility index (Phi) is 6.51. The molecule has 8 heteroatoms. The van der Waals surface area contributed by atoms with Gasteiger partial charge in [0.1, 0.15) is 5.71 Å². The molecule has 0 aliphatic carbocycles. The van der Waals surface area contributed by atoms with E-state index in [1.54, 1.807) is 66.7 Å². The lowest BCUT2D eigenvalue weighted by atomic mass is 10.1. The zero-order valence-electron chi connectivity index (χ0n) is 17.7. The number of amides is 2. The van der Waals surface area contributed by atoms with E-state index >= 15 is 0 Å². The van der Waals surface area contributed by atoms with Gasteiger partial charge in [-0.3, -0.25) is 9.59 Å². The van der Waals surface area contributed by atoms with Gasteiger partial charge in [-0.25, -0.2) is 9.79 Å². The molecule has 0 bridgehead atoms. The van der Waals surface area contributed by atoms with Gasteiger partial charge in [0.15, 0.2) is 0 Å². The number of ether oxygens (including phenoxy) is 1. The van der Waals surface area contributed by atoms with Crippen LogP contribution in [0.1, 0.15) is 39.6 Å².